The number of hydrogen-bond donors (Lipinski definition) is 1. The summed E-state index contributed by atoms with van der Waals surface area (Å²) in [5.74, 6) is -0.00720. The lowest BCUT2D eigenvalue weighted by atomic mass is 10.1. The van der Waals surface area contributed by atoms with Gasteiger partial charge in [-0.15, -0.1) is 0 Å². The Labute approximate surface area is 169 Å². The second-order valence-corrected chi connectivity index (χ2v) is 7.75. The molecule has 0 radical (unpaired) electrons. The van der Waals surface area contributed by atoms with Gasteiger partial charge in [-0.1, -0.05) is 31.5 Å². The quantitative estimate of drug-likeness (QED) is 0.697. The van der Waals surface area contributed by atoms with E-state index in [-0.39, 0.29) is 23.7 Å². The van der Waals surface area contributed by atoms with Crippen molar-refractivity contribution >= 4 is 22.6 Å². The SMILES string of the molecule is Cc1ccc(NC(=O)Cn2c(=O)n(CCC(C)C)c(=O)c3cccnc32)c(C)c1. The van der Waals surface area contributed by atoms with Gasteiger partial charge in [-0.3, -0.25) is 18.7 Å². The molecule has 0 aliphatic heterocycles. The van der Waals surface area contributed by atoms with Gasteiger partial charge in [0.1, 0.15) is 12.2 Å². The summed E-state index contributed by atoms with van der Waals surface area (Å²) in [5.41, 5.74) is 2.07. The van der Waals surface area contributed by atoms with Crippen LogP contribution in [-0.2, 0) is 17.9 Å². The number of carbonyl (C=O) groups excluding carboxylic acids is 1. The van der Waals surface area contributed by atoms with Crippen molar-refractivity contribution < 1.29 is 4.79 Å². The van der Waals surface area contributed by atoms with Crippen LogP contribution in [0.15, 0.2) is 46.1 Å². The lowest BCUT2D eigenvalue weighted by Crippen LogP contribution is -2.42. The van der Waals surface area contributed by atoms with Crippen LogP contribution in [0.3, 0.4) is 0 Å². The number of pyridine rings is 1. The van der Waals surface area contributed by atoms with E-state index in [4.69, 9.17) is 0 Å². The van der Waals surface area contributed by atoms with E-state index in [2.05, 4.69) is 10.3 Å². The maximum absolute atomic E-state index is 13.0. The van der Waals surface area contributed by atoms with Crippen LogP contribution in [0.1, 0.15) is 31.4 Å². The van der Waals surface area contributed by atoms with Crippen LogP contribution in [0.2, 0.25) is 0 Å². The van der Waals surface area contributed by atoms with E-state index < -0.39 is 5.69 Å². The van der Waals surface area contributed by atoms with Gasteiger partial charge in [-0.25, -0.2) is 9.78 Å². The molecule has 152 valence electrons. The molecule has 1 N–H and O–H groups in total. The number of hydrogen-bond acceptors (Lipinski definition) is 4. The highest BCUT2D eigenvalue weighted by atomic mass is 16.2. The van der Waals surface area contributed by atoms with E-state index >= 15 is 0 Å². The maximum atomic E-state index is 13.0. The molecule has 0 aliphatic rings. The van der Waals surface area contributed by atoms with E-state index in [1.165, 1.54) is 15.3 Å². The Hall–Kier alpha value is -3.22. The van der Waals surface area contributed by atoms with Crippen LogP contribution >= 0.6 is 0 Å². The summed E-state index contributed by atoms with van der Waals surface area (Å²) in [5, 5.41) is 3.18. The van der Waals surface area contributed by atoms with Crippen LogP contribution in [-0.4, -0.2) is 20.0 Å². The van der Waals surface area contributed by atoms with Gasteiger partial charge in [0.2, 0.25) is 5.91 Å². The van der Waals surface area contributed by atoms with Gasteiger partial charge in [-0.2, -0.15) is 0 Å². The Morgan fingerprint density at radius 2 is 1.90 bits per heavy atom. The minimum atomic E-state index is -0.516. The summed E-state index contributed by atoms with van der Waals surface area (Å²) < 4.78 is 2.48. The second-order valence-electron chi connectivity index (χ2n) is 7.75. The molecule has 3 rings (SSSR count). The Bertz CT molecular complexity index is 1170. The lowest BCUT2D eigenvalue weighted by molar-refractivity contribution is -0.116. The van der Waals surface area contributed by atoms with Gasteiger partial charge in [-0.05, 0) is 49.9 Å². The minimum Gasteiger partial charge on any atom is -0.324 e. The van der Waals surface area contributed by atoms with E-state index in [1.807, 2.05) is 45.9 Å². The van der Waals surface area contributed by atoms with Crippen molar-refractivity contribution in [1.82, 2.24) is 14.1 Å². The molecule has 0 spiro atoms. The maximum Gasteiger partial charge on any atom is 0.333 e. The zero-order chi connectivity index (χ0) is 21.1. The summed E-state index contributed by atoms with van der Waals surface area (Å²) in [6.07, 6.45) is 2.20. The van der Waals surface area contributed by atoms with Crippen LogP contribution in [0.25, 0.3) is 11.0 Å². The molecule has 7 heteroatoms. The number of rotatable bonds is 6. The first-order valence-corrected chi connectivity index (χ1v) is 9.73. The van der Waals surface area contributed by atoms with Gasteiger partial charge in [0.15, 0.2) is 0 Å². The second kappa shape index (κ2) is 8.43. The number of amides is 1. The molecule has 2 aromatic heterocycles. The molecule has 0 fully saturated rings. The summed E-state index contributed by atoms with van der Waals surface area (Å²) in [6, 6.07) is 9.02. The highest BCUT2D eigenvalue weighted by Gasteiger charge is 2.17. The highest BCUT2D eigenvalue weighted by molar-refractivity contribution is 5.92. The van der Waals surface area contributed by atoms with Crippen molar-refractivity contribution in [2.45, 2.75) is 47.2 Å². The summed E-state index contributed by atoms with van der Waals surface area (Å²) in [7, 11) is 0. The average Bonchev–Trinajstić information content (AvgIpc) is 2.67. The smallest absolute Gasteiger partial charge is 0.324 e. The third-order valence-electron chi connectivity index (χ3n) is 4.87. The number of carbonyl (C=O) groups is 1. The molecule has 0 saturated carbocycles. The Morgan fingerprint density at radius 1 is 1.14 bits per heavy atom. The van der Waals surface area contributed by atoms with Gasteiger partial charge < -0.3 is 5.32 Å². The fourth-order valence-electron chi connectivity index (χ4n) is 3.26. The largest absolute Gasteiger partial charge is 0.333 e. The molecule has 29 heavy (non-hydrogen) atoms. The van der Waals surface area contributed by atoms with E-state index in [0.717, 1.165) is 11.1 Å². The molecular weight excluding hydrogens is 368 g/mol. The summed E-state index contributed by atoms with van der Waals surface area (Å²) in [6.45, 7) is 8.04. The summed E-state index contributed by atoms with van der Waals surface area (Å²) in [4.78, 5) is 42.7. The number of nitrogens with one attached hydrogen (secondary N) is 1. The number of aryl methyl sites for hydroxylation is 2. The average molecular weight is 394 g/mol. The van der Waals surface area contributed by atoms with Crippen LogP contribution in [0, 0.1) is 19.8 Å². The molecule has 3 aromatic rings. The molecule has 7 nitrogen and oxygen atoms in total. The monoisotopic (exact) mass is 394 g/mol. The van der Waals surface area contributed by atoms with Crippen molar-refractivity contribution in [3.63, 3.8) is 0 Å². The molecule has 0 saturated heterocycles. The zero-order valence-corrected chi connectivity index (χ0v) is 17.2. The number of aromatic nitrogens is 3. The first kappa shape index (κ1) is 20.5. The van der Waals surface area contributed by atoms with E-state index in [1.54, 1.807) is 12.1 Å². The predicted molar refractivity (Wildman–Crippen MR) is 114 cm³/mol. The molecule has 0 aliphatic carbocycles. The number of fused-ring (bicyclic) bond motifs is 1. The summed E-state index contributed by atoms with van der Waals surface area (Å²) >= 11 is 0. The fourth-order valence-corrected chi connectivity index (χ4v) is 3.26. The minimum absolute atomic E-state index is 0.221. The topological polar surface area (TPSA) is 86.0 Å². The van der Waals surface area contributed by atoms with Crippen molar-refractivity contribution in [1.29, 1.82) is 0 Å². The van der Waals surface area contributed by atoms with Crippen molar-refractivity contribution in [2.75, 3.05) is 5.32 Å². The van der Waals surface area contributed by atoms with Gasteiger partial charge in [0.25, 0.3) is 5.56 Å². The first-order valence-electron chi connectivity index (χ1n) is 9.73. The van der Waals surface area contributed by atoms with Crippen molar-refractivity contribution in [3.05, 3.63) is 68.5 Å². The molecule has 0 bridgehead atoms. The fraction of sp³-hybridized carbons (Fsp3) is 0.364. The van der Waals surface area contributed by atoms with Crippen LogP contribution < -0.4 is 16.6 Å². The number of benzene rings is 1. The molecular formula is C22H26N4O3. The van der Waals surface area contributed by atoms with Crippen molar-refractivity contribution in [3.8, 4) is 0 Å². The molecule has 2 heterocycles. The zero-order valence-electron chi connectivity index (χ0n) is 17.2. The predicted octanol–water partition coefficient (Wildman–Crippen LogP) is 2.86. The van der Waals surface area contributed by atoms with Crippen LogP contribution in [0.4, 0.5) is 5.69 Å². The third-order valence-corrected chi connectivity index (χ3v) is 4.87. The number of anilines is 1. The molecule has 0 atom stereocenters. The van der Waals surface area contributed by atoms with Crippen molar-refractivity contribution in [2.24, 2.45) is 5.92 Å². The highest BCUT2D eigenvalue weighted by Crippen LogP contribution is 2.16. The lowest BCUT2D eigenvalue weighted by Gasteiger charge is -2.14. The third kappa shape index (κ3) is 4.45. The number of nitrogens with zero attached hydrogens (tertiary/aromatic N) is 3. The van der Waals surface area contributed by atoms with E-state index in [0.29, 0.717) is 30.0 Å². The van der Waals surface area contributed by atoms with Gasteiger partial charge in [0, 0.05) is 18.4 Å². The Balaban J connectivity index is 2.00. The normalized spacial score (nSPS) is 11.2. The molecule has 0 unspecified atom stereocenters. The van der Waals surface area contributed by atoms with Gasteiger partial charge >= 0.3 is 5.69 Å². The van der Waals surface area contributed by atoms with Gasteiger partial charge in [0.05, 0.1) is 5.39 Å². The Morgan fingerprint density at radius 3 is 2.59 bits per heavy atom. The van der Waals surface area contributed by atoms with E-state index in [9.17, 15) is 14.4 Å². The Kier molecular flexibility index (Phi) is 5.96. The molecule has 1 aromatic carbocycles. The van der Waals surface area contributed by atoms with Crippen LogP contribution in [0.5, 0.6) is 0 Å². The first-order chi connectivity index (χ1) is 13.8. The molecule has 1 amide bonds. The standard InChI is InChI=1S/C22H26N4O3/c1-14(2)9-11-25-21(28)17-6-5-10-23-20(17)26(22(25)29)13-19(27)24-18-8-7-15(3)12-16(18)4/h5-8,10,12,14H,9,11,13H2,1-4H3,(H,24,27).